The number of oxazole rings is 1. The van der Waals surface area contributed by atoms with Gasteiger partial charge in [-0.15, -0.1) is 0 Å². The van der Waals surface area contributed by atoms with E-state index in [0.29, 0.717) is 37.9 Å². The number of hydrogen-bond donors (Lipinski definition) is 0. The third-order valence-electron chi connectivity index (χ3n) is 5.52. The van der Waals surface area contributed by atoms with Crippen molar-refractivity contribution >= 4 is 22.7 Å². The maximum atomic E-state index is 13.0. The lowest BCUT2D eigenvalue weighted by molar-refractivity contribution is -0.225. The van der Waals surface area contributed by atoms with Crippen molar-refractivity contribution < 1.29 is 18.7 Å². The average Bonchev–Trinajstić information content (AvgIpc) is 3.42. The van der Waals surface area contributed by atoms with Gasteiger partial charge in [-0.25, -0.2) is 9.97 Å². The van der Waals surface area contributed by atoms with Crippen molar-refractivity contribution in [3.63, 3.8) is 0 Å². The molecule has 3 aromatic heterocycles. The van der Waals surface area contributed by atoms with Crippen LogP contribution in [-0.2, 0) is 9.47 Å². The third kappa shape index (κ3) is 2.56. The van der Waals surface area contributed by atoms with E-state index in [1.54, 1.807) is 11.1 Å². The second-order valence-electron chi connectivity index (χ2n) is 7.47. The fraction of sp³-hybridized carbons (Fsp3) is 0.286. The Balaban J connectivity index is 1.34. The number of likely N-dealkylation sites (tertiary alicyclic amines) is 1. The van der Waals surface area contributed by atoms with Crippen LogP contribution in [0.1, 0.15) is 16.4 Å². The van der Waals surface area contributed by atoms with Gasteiger partial charge < -0.3 is 18.8 Å². The highest BCUT2D eigenvalue weighted by atomic mass is 16.7. The molecule has 4 aromatic rings. The number of rotatable bonds is 2. The van der Waals surface area contributed by atoms with Crippen LogP contribution in [-0.4, -0.2) is 57.3 Å². The van der Waals surface area contributed by atoms with Gasteiger partial charge in [0.05, 0.1) is 32.5 Å². The van der Waals surface area contributed by atoms with E-state index in [2.05, 4.69) is 9.97 Å². The summed E-state index contributed by atoms with van der Waals surface area (Å²) in [6.45, 7) is 3.88. The summed E-state index contributed by atoms with van der Waals surface area (Å²) in [5, 5.41) is 0. The van der Waals surface area contributed by atoms with Crippen molar-refractivity contribution in [2.24, 2.45) is 0 Å². The zero-order valence-corrected chi connectivity index (χ0v) is 15.8. The number of carbonyl (C=O) groups excluding carboxylic acids is 1. The van der Waals surface area contributed by atoms with Crippen LogP contribution in [0.3, 0.4) is 0 Å². The van der Waals surface area contributed by atoms with E-state index >= 15 is 0 Å². The van der Waals surface area contributed by atoms with E-state index in [-0.39, 0.29) is 5.91 Å². The molecule has 1 amide bonds. The highest BCUT2D eigenvalue weighted by molar-refractivity contribution is 5.94. The van der Waals surface area contributed by atoms with Gasteiger partial charge in [-0.1, -0.05) is 6.07 Å². The highest BCUT2D eigenvalue weighted by Gasteiger charge is 2.50. The van der Waals surface area contributed by atoms with Crippen molar-refractivity contribution in [3.05, 3.63) is 54.3 Å². The monoisotopic (exact) mass is 390 g/mol. The van der Waals surface area contributed by atoms with Crippen molar-refractivity contribution in [1.29, 1.82) is 0 Å². The molecule has 29 heavy (non-hydrogen) atoms. The average molecular weight is 390 g/mol. The molecular weight excluding hydrogens is 372 g/mol. The second-order valence-corrected chi connectivity index (χ2v) is 7.47. The van der Waals surface area contributed by atoms with Crippen LogP contribution in [0.25, 0.3) is 27.9 Å². The van der Waals surface area contributed by atoms with E-state index < -0.39 is 5.79 Å². The Kier molecular flexibility index (Phi) is 3.39. The normalized spacial score (nSPS) is 18.0. The lowest BCUT2D eigenvalue weighted by Crippen LogP contribution is -2.64. The summed E-state index contributed by atoms with van der Waals surface area (Å²) in [6.07, 6.45) is 3.55. The van der Waals surface area contributed by atoms with Crippen LogP contribution in [0, 0.1) is 6.92 Å². The van der Waals surface area contributed by atoms with Gasteiger partial charge in [-0.2, -0.15) is 0 Å². The Bertz CT molecular complexity index is 1260. The molecule has 0 saturated carbocycles. The number of imidazole rings is 1. The fourth-order valence-electron chi connectivity index (χ4n) is 4.05. The minimum absolute atomic E-state index is 0.0815. The number of amides is 1. The smallest absolute Gasteiger partial charge is 0.272 e. The van der Waals surface area contributed by atoms with Gasteiger partial charge in [0, 0.05) is 13.1 Å². The summed E-state index contributed by atoms with van der Waals surface area (Å²) in [7, 11) is 0. The van der Waals surface area contributed by atoms with Gasteiger partial charge in [-0.3, -0.25) is 9.20 Å². The number of hydrogen-bond acceptors (Lipinski definition) is 6. The molecule has 2 aliphatic heterocycles. The Morgan fingerprint density at radius 2 is 1.90 bits per heavy atom. The van der Waals surface area contributed by atoms with Crippen molar-refractivity contribution in [3.8, 4) is 11.1 Å². The third-order valence-corrected chi connectivity index (χ3v) is 5.52. The van der Waals surface area contributed by atoms with Crippen LogP contribution in [0.4, 0.5) is 0 Å². The number of ether oxygens (including phenoxy) is 2. The number of fused-ring (bicyclic) bond motifs is 2. The molecule has 5 heterocycles. The largest absolute Gasteiger partial charge is 0.441 e. The fourth-order valence-corrected chi connectivity index (χ4v) is 4.05. The van der Waals surface area contributed by atoms with E-state index in [4.69, 9.17) is 13.9 Å². The van der Waals surface area contributed by atoms with Gasteiger partial charge in [0.25, 0.3) is 5.91 Å². The summed E-state index contributed by atoms with van der Waals surface area (Å²) in [4.78, 5) is 23.5. The zero-order chi connectivity index (χ0) is 19.6. The molecule has 8 heteroatoms. The molecule has 2 fully saturated rings. The number of aryl methyl sites for hydroxylation is 1. The maximum Gasteiger partial charge on any atom is 0.272 e. The zero-order valence-electron chi connectivity index (χ0n) is 15.8. The van der Waals surface area contributed by atoms with Crippen LogP contribution in [0.15, 0.2) is 47.1 Å². The summed E-state index contributed by atoms with van der Waals surface area (Å²) < 4.78 is 18.6. The summed E-state index contributed by atoms with van der Waals surface area (Å²) in [5.41, 5.74) is 4.77. The van der Waals surface area contributed by atoms with Crippen molar-refractivity contribution in [1.82, 2.24) is 19.3 Å². The number of benzene rings is 1. The Hall–Kier alpha value is -3.23. The molecule has 2 aliphatic rings. The maximum absolute atomic E-state index is 13.0. The van der Waals surface area contributed by atoms with Crippen LogP contribution < -0.4 is 0 Å². The summed E-state index contributed by atoms with van der Waals surface area (Å²) in [5.74, 6) is -0.0495. The van der Waals surface area contributed by atoms with Crippen LogP contribution in [0.5, 0.6) is 0 Å². The molecule has 8 nitrogen and oxygen atoms in total. The lowest BCUT2D eigenvalue weighted by Gasteiger charge is -2.45. The highest BCUT2D eigenvalue weighted by Crippen LogP contribution is 2.32. The van der Waals surface area contributed by atoms with Gasteiger partial charge >= 0.3 is 0 Å². The molecule has 146 valence electrons. The first-order chi connectivity index (χ1) is 14.1. The van der Waals surface area contributed by atoms with Crippen LogP contribution in [0.2, 0.25) is 0 Å². The first kappa shape index (κ1) is 16.7. The summed E-state index contributed by atoms with van der Waals surface area (Å²) >= 11 is 0. The molecule has 0 N–H and O–H groups in total. The van der Waals surface area contributed by atoms with Crippen molar-refractivity contribution in [2.45, 2.75) is 12.7 Å². The Morgan fingerprint density at radius 1 is 1.10 bits per heavy atom. The summed E-state index contributed by atoms with van der Waals surface area (Å²) in [6, 6.07) is 9.78. The number of carbonyl (C=O) groups is 1. The quantitative estimate of drug-likeness (QED) is 0.523. The predicted octanol–water partition coefficient (Wildman–Crippen LogP) is 2.65. The molecule has 0 radical (unpaired) electrons. The van der Waals surface area contributed by atoms with Gasteiger partial charge in [0.1, 0.15) is 16.9 Å². The lowest BCUT2D eigenvalue weighted by atomic mass is 10.1. The molecule has 0 bridgehead atoms. The van der Waals surface area contributed by atoms with E-state index in [1.807, 2.05) is 47.9 Å². The molecule has 0 atom stereocenters. The van der Waals surface area contributed by atoms with Gasteiger partial charge in [0.15, 0.2) is 11.5 Å². The van der Waals surface area contributed by atoms with E-state index in [0.717, 1.165) is 27.9 Å². The molecule has 1 spiro atoms. The molecular formula is C21H18N4O4. The first-order valence-electron chi connectivity index (χ1n) is 9.52. The van der Waals surface area contributed by atoms with E-state index in [9.17, 15) is 4.79 Å². The SMILES string of the molecule is Cc1nc2cc(-c3ccc4ncc(C(=O)N5CC6(C5)OCCO6)n4c3)ccc2o1. The topological polar surface area (TPSA) is 82.1 Å². The first-order valence-corrected chi connectivity index (χ1v) is 9.52. The second kappa shape index (κ2) is 5.88. The van der Waals surface area contributed by atoms with Crippen LogP contribution >= 0.6 is 0 Å². The molecule has 6 rings (SSSR count). The Labute approximate surface area is 165 Å². The standard InChI is InChI=1S/C21H18N4O4/c1-13-23-16-8-14(2-4-18(16)29-13)15-3-5-19-22-9-17(25(19)10-15)20(26)24-11-21(12-24)27-6-7-28-21/h2-5,8-10H,6-7,11-12H2,1H3. The predicted molar refractivity (Wildman–Crippen MR) is 103 cm³/mol. The minimum Gasteiger partial charge on any atom is -0.441 e. The molecule has 1 aromatic carbocycles. The van der Waals surface area contributed by atoms with Gasteiger partial charge in [0.2, 0.25) is 5.79 Å². The molecule has 0 unspecified atom stereocenters. The molecule has 2 saturated heterocycles. The van der Waals surface area contributed by atoms with Crippen molar-refractivity contribution in [2.75, 3.05) is 26.3 Å². The minimum atomic E-state index is -0.605. The van der Waals surface area contributed by atoms with Gasteiger partial charge in [-0.05, 0) is 35.4 Å². The molecule has 0 aliphatic carbocycles. The number of nitrogens with zero attached hydrogens (tertiary/aromatic N) is 4. The number of pyridine rings is 1. The Morgan fingerprint density at radius 3 is 2.72 bits per heavy atom. The van der Waals surface area contributed by atoms with E-state index in [1.165, 1.54) is 0 Å². The number of aromatic nitrogens is 3.